The fraction of sp³-hybridized carbons (Fsp3) is 1.00. The van der Waals surface area contributed by atoms with E-state index in [-0.39, 0.29) is 0 Å². The van der Waals surface area contributed by atoms with Crippen LogP contribution in [-0.4, -0.2) is 16.1 Å². The molecule has 0 atom stereocenters. The molecule has 0 aromatic carbocycles. The molecule has 0 aromatic rings. The van der Waals surface area contributed by atoms with Crippen molar-refractivity contribution in [1.29, 1.82) is 0 Å². The first kappa shape index (κ1) is 4.88. The zero-order valence-corrected chi connectivity index (χ0v) is 2.97. The maximum absolute atomic E-state index is 7.85. The lowest BCUT2D eigenvalue weighted by Gasteiger charge is -2.03. The van der Waals surface area contributed by atoms with Crippen molar-refractivity contribution in [3.63, 3.8) is 0 Å². The van der Waals surface area contributed by atoms with Crippen molar-refractivity contribution in [3.8, 4) is 0 Å². The molecule has 3 nitrogen and oxygen atoms in total. The molecule has 0 saturated carbocycles. The van der Waals surface area contributed by atoms with E-state index >= 15 is 0 Å². The first-order valence-corrected chi connectivity index (χ1v) is 1.24. The second kappa shape index (κ2) is 0.931. The van der Waals surface area contributed by atoms with Gasteiger partial charge in [-0.05, 0) is 0 Å². The highest BCUT2D eigenvalue weighted by molar-refractivity contribution is 4.33. The lowest BCUT2D eigenvalue weighted by Crippen LogP contribution is -2.34. The van der Waals surface area contributed by atoms with Gasteiger partial charge in [-0.1, -0.05) is 0 Å². The minimum absolute atomic E-state index is 1.08. The van der Waals surface area contributed by atoms with Gasteiger partial charge in [0.2, 0.25) is 5.91 Å². The zero-order chi connectivity index (χ0) is 4.50. The van der Waals surface area contributed by atoms with Crippen molar-refractivity contribution >= 4 is 0 Å². The molecule has 0 saturated heterocycles. The summed E-state index contributed by atoms with van der Waals surface area (Å²) in [6, 6.07) is 0. The Labute approximate surface area is 30.0 Å². The van der Waals surface area contributed by atoms with Gasteiger partial charge in [0.25, 0.3) is 0 Å². The van der Waals surface area contributed by atoms with Crippen LogP contribution in [0.15, 0.2) is 0 Å². The molecule has 32 valence electrons. The molecular weight excluding hydrogens is 70.0 g/mol. The van der Waals surface area contributed by atoms with E-state index in [0.717, 1.165) is 6.92 Å². The SMILES string of the molecule is CC(N)(O)O. The van der Waals surface area contributed by atoms with E-state index in [1.165, 1.54) is 0 Å². The molecule has 0 aliphatic rings. The Hall–Kier alpha value is -0.120. The van der Waals surface area contributed by atoms with Gasteiger partial charge < -0.3 is 10.2 Å². The standard InChI is InChI=1S/C2H7NO2/c1-2(3,4)5/h4-5H,3H2,1H3. The Morgan fingerprint density at radius 2 is 1.60 bits per heavy atom. The molecule has 0 radical (unpaired) electrons. The molecule has 0 unspecified atom stereocenters. The van der Waals surface area contributed by atoms with E-state index in [1.54, 1.807) is 0 Å². The highest BCUT2D eigenvalue weighted by Crippen LogP contribution is 1.76. The van der Waals surface area contributed by atoms with Crippen LogP contribution >= 0.6 is 0 Å². The fourth-order valence-electron chi connectivity index (χ4n) is 0. The normalized spacial score (nSPS) is 12.0. The van der Waals surface area contributed by atoms with Crippen LogP contribution in [0.3, 0.4) is 0 Å². The van der Waals surface area contributed by atoms with Crippen LogP contribution < -0.4 is 5.73 Å². The van der Waals surface area contributed by atoms with Gasteiger partial charge in [-0.25, -0.2) is 0 Å². The van der Waals surface area contributed by atoms with Crippen LogP contribution in [0.2, 0.25) is 0 Å². The van der Waals surface area contributed by atoms with Crippen LogP contribution in [0.4, 0.5) is 0 Å². The summed E-state index contributed by atoms with van der Waals surface area (Å²) in [5, 5.41) is 15.7. The number of rotatable bonds is 0. The van der Waals surface area contributed by atoms with Crippen molar-refractivity contribution in [2.24, 2.45) is 5.73 Å². The molecule has 3 heteroatoms. The molecule has 0 aromatic heterocycles. The van der Waals surface area contributed by atoms with Gasteiger partial charge in [-0.2, -0.15) is 0 Å². The van der Waals surface area contributed by atoms with E-state index in [0.29, 0.717) is 0 Å². The quantitative estimate of drug-likeness (QED) is 0.312. The molecule has 0 aliphatic heterocycles. The smallest absolute Gasteiger partial charge is 0.216 e. The molecule has 0 bridgehead atoms. The summed E-state index contributed by atoms with van der Waals surface area (Å²) >= 11 is 0. The van der Waals surface area contributed by atoms with E-state index in [2.05, 4.69) is 5.73 Å². The second-order valence-corrected chi connectivity index (χ2v) is 1.09. The third kappa shape index (κ3) is 952. The average Bonchev–Trinajstić information content (AvgIpc) is 0.722. The summed E-state index contributed by atoms with van der Waals surface area (Å²) in [4.78, 5) is 0. The Morgan fingerprint density at radius 1 is 1.60 bits per heavy atom. The maximum atomic E-state index is 7.85. The lowest BCUT2D eigenvalue weighted by molar-refractivity contribution is -0.138. The minimum Gasteiger partial charge on any atom is -0.354 e. The van der Waals surface area contributed by atoms with Crippen molar-refractivity contribution in [2.45, 2.75) is 12.8 Å². The van der Waals surface area contributed by atoms with Crippen molar-refractivity contribution in [3.05, 3.63) is 0 Å². The highest BCUT2D eigenvalue weighted by atomic mass is 16.5. The molecule has 0 heterocycles. The van der Waals surface area contributed by atoms with Gasteiger partial charge in [0.05, 0.1) is 0 Å². The zero-order valence-electron chi connectivity index (χ0n) is 2.97. The molecule has 0 spiro atoms. The molecule has 0 rings (SSSR count). The van der Waals surface area contributed by atoms with Gasteiger partial charge in [0.15, 0.2) is 0 Å². The van der Waals surface area contributed by atoms with Crippen molar-refractivity contribution in [1.82, 2.24) is 0 Å². The van der Waals surface area contributed by atoms with Gasteiger partial charge >= 0.3 is 0 Å². The van der Waals surface area contributed by atoms with E-state index < -0.39 is 5.91 Å². The first-order chi connectivity index (χ1) is 2.00. The van der Waals surface area contributed by atoms with E-state index in [4.69, 9.17) is 10.2 Å². The summed E-state index contributed by atoms with van der Waals surface area (Å²) in [6.07, 6.45) is 0. The van der Waals surface area contributed by atoms with Gasteiger partial charge in [-0.15, -0.1) is 0 Å². The average molecular weight is 77.1 g/mol. The summed E-state index contributed by atoms with van der Waals surface area (Å²) < 4.78 is 0. The second-order valence-electron chi connectivity index (χ2n) is 1.09. The Balaban J connectivity index is 3.02. The maximum Gasteiger partial charge on any atom is 0.216 e. The van der Waals surface area contributed by atoms with Crippen LogP contribution in [-0.2, 0) is 0 Å². The third-order valence-corrected chi connectivity index (χ3v) is 0. The van der Waals surface area contributed by atoms with Crippen LogP contribution in [0, 0.1) is 0 Å². The highest BCUT2D eigenvalue weighted by Gasteiger charge is 2.00. The number of nitrogens with two attached hydrogens (primary N) is 1. The van der Waals surface area contributed by atoms with Gasteiger partial charge in [-0.3, -0.25) is 5.73 Å². The molecule has 4 N–H and O–H groups in total. The Morgan fingerprint density at radius 3 is 1.60 bits per heavy atom. The Bertz CT molecular complexity index is 23.1. The number of hydrogen-bond donors (Lipinski definition) is 3. The third-order valence-electron chi connectivity index (χ3n) is 0. The lowest BCUT2D eigenvalue weighted by atomic mass is 10.6. The van der Waals surface area contributed by atoms with Gasteiger partial charge in [0.1, 0.15) is 0 Å². The molecule has 0 fully saturated rings. The Kier molecular flexibility index (Phi) is 0.908. The molecule has 5 heavy (non-hydrogen) atoms. The van der Waals surface area contributed by atoms with Crippen molar-refractivity contribution in [2.75, 3.05) is 0 Å². The molecule has 0 amide bonds. The minimum atomic E-state index is -2.00. The van der Waals surface area contributed by atoms with Crippen LogP contribution in [0.1, 0.15) is 6.92 Å². The first-order valence-electron chi connectivity index (χ1n) is 1.24. The summed E-state index contributed by atoms with van der Waals surface area (Å²) in [5.41, 5.74) is 4.47. The monoisotopic (exact) mass is 77.0 g/mol. The number of hydrogen-bond acceptors (Lipinski definition) is 3. The molecule has 0 aliphatic carbocycles. The van der Waals surface area contributed by atoms with E-state index in [9.17, 15) is 0 Å². The molecular formula is C2H7NO2. The summed E-state index contributed by atoms with van der Waals surface area (Å²) in [5.74, 6) is -2.00. The van der Waals surface area contributed by atoms with Gasteiger partial charge in [0, 0.05) is 6.92 Å². The largest absolute Gasteiger partial charge is 0.354 e. The van der Waals surface area contributed by atoms with Crippen LogP contribution in [0.5, 0.6) is 0 Å². The number of aliphatic hydroxyl groups is 2. The fourth-order valence-corrected chi connectivity index (χ4v) is 0. The summed E-state index contributed by atoms with van der Waals surface area (Å²) in [7, 11) is 0. The van der Waals surface area contributed by atoms with Crippen LogP contribution in [0.25, 0.3) is 0 Å². The topological polar surface area (TPSA) is 66.5 Å². The van der Waals surface area contributed by atoms with E-state index in [1.807, 2.05) is 0 Å². The predicted molar refractivity (Wildman–Crippen MR) is 17.0 cm³/mol. The summed E-state index contributed by atoms with van der Waals surface area (Å²) in [6.45, 7) is 1.08. The predicted octanol–water partition coefficient (Wildman–Crippen LogP) is -1.40. The van der Waals surface area contributed by atoms with Crippen molar-refractivity contribution < 1.29 is 10.2 Å².